The topological polar surface area (TPSA) is 70.7 Å². The van der Waals surface area contributed by atoms with E-state index >= 15 is 0 Å². The third-order valence-corrected chi connectivity index (χ3v) is 4.67. The van der Waals surface area contributed by atoms with Crippen LogP contribution in [0.2, 0.25) is 0 Å². The van der Waals surface area contributed by atoms with Gasteiger partial charge in [-0.2, -0.15) is 11.8 Å². The molecule has 132 valence electrons. The van der Waals surface area contributed by atoms with E-state index in [9.17, 15) is 9.59 Å². The van der Waals surface area contributed by atoms with Crippen LogP contribution in [0.15, 0.2) is 24.3 Å². The average Bonchev–Trinajstić information content (AvgIpc) is 2.58. The van der Waals surface area contributed by atoms with Crippen molar-refractivity contribution in [2.75, 3.05) is 55.0 Å². The van der Waals surface area contributed by atoms with Crippen LogP contribution in [0.5, 0.6) is 0 Å². The number of nitrogens with one attached hydrogen (secondary N) is 2. The maximum atomic E-state index is 12.0. The average molecular weight is 351 g/mol. The van der Waals surface area contributed by atoms with Crippen LogP contribution in [0, 0.1) is 0 Å². The minimum absolute atomic E-state index is 0.00227. The van der Waals surface area contributed by atoms with E-state index < -0.39 is 0 Å². The van der Waals surface area contributed by atoms with E-state index in [1.54, 1.807) is 36.0 Å². The Hall–Kier alpha value is -1.57. The molecule has 0 saturated carbocycles. The monoisotopic (exact) mass is 351 g/mol. The highest BCUT2D eigenvalue weighted by Crippen LogP contribution is 2.14. The zero-order chi connectivity index (χ0) is 17.2. The molecule has 1 aliphatic heterocycles. The van der Waals surface area contributed by atoms with Crippen molar-refractivity contribution in [2.45, 2.75) is 13.3 Å². The quantitative estimate of drug-likeness (QED) is 0.702. The maximum Gasteiger partial charge on any atom is 0.238 e. The minimum atomic E-state index is -0.0374. The van der Waals surface area contributed by atoms with Crippen molar-refractivity contribution in [3.8, 4) is 0 Å². The maximum absolute atomic E-state index is 12.0. The van der Waals surface area contributed by atoms with Crippen LogP contribution in [-0.2, 0) is 14.3 Å². The first-order chi connectivity index (χ1) is 11.7. The summed E-state index contributed by atoms with van der Waals surface area (Å²) >= 11 is 1.63. The molecule has 0 aliphatic carbocycles. The number of amides is 2. The second kappa shape index (κ2) is 10.3. The normalized spacial score (nSPS) is 15.0. The predicted molar refractivity (Wildman–Crippen MR) is 98.6 cm³/mol. The summed E-state index contributed by atoms with van der Waals surface area (Å²) < 4.78 is 5.27. The van der Waals surface area contributed by atoms with Crippen molar-refractivity contribution in [3.63, 3.8) is 0 Å². The Morgan fingerprint density at radius 2 is 1.67 bits per heavy atom. The van der Waals surface area contributed by atoms with Crippen LogP contribution in [0.3, 0.4) is 0 Å². The summed E-state index contributed by atoms with van der Waals surface area (Å²) in [5.41, 5.74) is 1.47. The van der Waals surface area contributed by atoms with Crippen LogP contribution in [0.25, 0.3) is 0 Å². The lowest BCUT2D eigenvalue weighted by Crippen LogP contribution is -2.41. The van der Waals surface area contributed by atoms with E-state index in [-0.39, 0.29) is 11.8 Å². The summed E-state index contributed by atoms with van der Waals surface area (Å²) in [5, 5.41) is 5.73. The molecule has 1 aliphatic rings. The molecule has 1 heterocycles. The van der Waals surface area contributed by atoms with Crippen LogP contribution in [-0.4, -0.2) is 61.1 Å². The largest absolute Gasteiger partial charge is 0.379 e. The summed E-state index contributed by atoms with van der Waals surface area (Å²) in [6.07, 6.45) is 1.07. The summed E-state index contributed by atoms with van der Waals surface area (Å²) in [4.78, 5) is 25.8. The Kier molecular flexibility index (Phi) is 8.07. The fraction of sp³-hybridized carbons (Fsp3) is 0.529. The molecule has 1 saturated heterocycles. The van der Waals surface area contributed by atoms with E-state index in [1.165, 1.54) is 0 Å². The number of nitrogens with zero attached hydrogens (tertiary/aromatic N) is 1. The van der Waals surface area contributed by atoms with Crippen LogP contribution >= 0.6 is 11.8 Å². The Labute approximate surface area is 147 Å². The molecule has 0 bridgehead atoms. The van der Waals surface area contributed by atoms with E-state index in [4.69, 9.17) is 4.74 Å². The lowest BCUT2D eigenvalue weighted by atomic mass is 10.2. The molecule has 2 rings (SSSR count). The highest BCUT2D eigenvalue weighted by atomic mass is 32.2. The Balaban J connectivity index is 1.74. The molecule has 1 aromatic rings. The molecule has 0 spiro atoms. The summed E-state index contributed by atoms with van der Waals surface area (Å²) in [6, 6.07) is 7.19. The van der Waals surface area contributed by atoms with Gasteiger partial charge in [0.25, 0.3) is 0 Å². The van der Waals surface area contributed by atoms with Gasteiger partial charge in [0.2, 0.25) is 11.8 Å². The number of morpholine rings is 1. The van der Waals surface area contributed by atoms with Gasteiger partial charge >= 0.3 is 0 Å². The first-order valence-electron chi connectivity index (χ1n) is 8.25. The van der Waals surface area contributed by atoms with Crippen molar-refractivity contribution in [2.24, 2.45) is 0 Å². The third kappa shape index (κ3) is 6.90. The third-order valence-electron chi connectivity index (χ3n) is 3.50. The minimum Gasteiger partial charge on any atom is -0.379 e. The van der Waals surface area contributed by atoms with Gasteiger partial charge in [-0.1, -0.05) is 6.92 Å². The number of hydrogen-bond donors (Lipinski definition) is 2. The molecule has 7 heteroatoms. The van der Waals surface area contributed by atoms with E-state index in [1.807, 2.05) is 0 Å². The number of rotatable bonds is 8. The fourth-order valence-corrected chi connectivity index (χ4v) is 3.00. The number of carbonyl (C=O) groups is 2. The van der Waals surface area contributed by atoms with Gasteiger partial charge in [0.1, 0.15) is 0 Å². The van der Waals surface area contributed by atoms with Crippen LogP contribution < -0.4 is 10.6 Å². The highest BCUT2D eigenvalue weighted by molar-refractivity contribution is 7.99. The predicted octanol–water partition coefficient (Wildman–Crippen LogP) is 2.04. The molecule has 6 nitrogen and oxygen atoms in total. The molecule has 24 heavy (non-hydrogen) atoms. The van der Waals surface area contributed by atoms with E-state index in [0.29, 0.717) is 25.5 Å². The zero-order valence-corrected chi connectivity index (χ0v) is 14.9. The number of ether oxygens (including phenoxy) is 1. The number of thioether (sulfide) groups is 1. The number of anilines is 2. The number of carbonyl (C=O) groups excluding carboxylic acids is 2. The smallest absolute Gasteiger partial charge is 0.238 e. The SMILES string of the molecule is CCCSCC(=O)Nc1ccc(NC(=O)CN2CCOCC2)cc1. The molecule has 0 aromatic heterocycles. The van der Waals surface area contributed by atoms with E-state index in [0.717, 1.165) is 36.6 Å². The number of hydrogen-bond acceptors (Lipinski definition) is 5. The van der Waals surface area contributed by atoms with Crippen molar-refractivity contribution >= 4 is 35.0 Å². The van der Waals surface area contributed by atoms with Gasteiger partial charge < -0.3 is 15.4 Å². The van der Waals surface area contributed by atoms with Crippen molar-refractivity contribution in [1.82, 2.24) is 4.90 Å². The molecular formula is C17H25N3O3S. The second-order valence-electron chi connectivity index (χ2n) is 5.61. The fourth-order valence-electron chi connectivity index (χ4n) is 2.31. The van der Waals surface area contributed by atoms with Gasteiger partial charge in [0.05, 0.1) is 25.5 Å². The lowest BCUT2D eigenvalue weighted by Gasteiger charge is -2.25. The molecule has 1 aromatic carbocycles. The molecule has 2 N–H and O–H groups in total. The summed E-state index contributed by atoms with van der Waals surface area (Å²) in [6.45, 7) is 5.40. The van der Waals surface area contributed by atoms with Crippen molar-refractivity contribution in [1.29, 1.82) is 0 Å². The van der Waals surface area contributed by atoms with Crippen molar-refractivity contribution < 1.29 is 14.3 Å². The Bertz CT molecular complexity index is 530. The van der Waals surface area contributed by atoms with Gasteiger partial charge in [-0.3, -0.25) is 14.5 Å². The molecule has 0 unspecified atom stereocenters. The number of benzene rings is 1. The van der Waals surface area contributed by atoms with Crippen LogP contribution in [0.4, 0.5) is 11.4 Å². The second-order valence-corrected chi connectivity index (χ2v) is 6.72. The molecule has 0 atom stereocenters. The molecular weight excluding hydrogens is 326 g/mol. The van der Waals surface area contributed by atoms with Gasteiger partial charge in [-0.15, -0.1) is 0 Å². The molecule has 2 amide bonds. The summed E-state index contributed by atoms with van der Waals surface area (Å²) in [7, 11) is 0. The standard InChI is InChI=1S/C17H25N3O3S/c1-2-11-24-13-17(22)19-15-5-3-14(4-6-15)18-16(21)12-20-7-9-23-10-8-20/h3-6H,2,7-13H2,1H3,(H,18,21)(H,19,22). The van der Waals surface area contributed by atoms with Gasteiger partial charge in [-0.25, -0.2) is 0 Å². The molecule has 0 radical (unpaired) electrons. The van der Waals surface area contributed by atoms with E-state index in [2.05, 4.69) is 22.5 Å². The van der Waals surface area contributed by atoms with Crippen molar-refractivity contribution in [3.05, 3.63) is 24.3 Å². The highest BCUT2D eigenvalue weighted by Gasteiger charge is 2.14. The van der Waals surface area contributed by atoms with Crippen LogP contribution in [0.1, 0.15) is 13.3 Å². The van der Waals surface area contributed by atoms with Gasteiger partial charge in [0.15, 0.2) is 0 Å². The lowest BCUT2D eigenvalue weighted by molar-refractivity contribution is -0.118. The first-order valence-corrected chi connectivity index (χ1v) is 9.40. The Morgan fingerprint density at radius 3 is 2.25 bits per heavy atom. The zero-order valence-electron chi connectivity index (χ0n) is 14.0. The van der Waals surface area contributed by atoms with Gasteiger partial charge in [-0.05, 0) is 36.4 Å². The summed E-state index contributed by atoms with van der Waals surface area (Å²) in [5.74, 6) is 1.41. The Morgan fingerprint density at radius 1 is 1.08 bits per heavy atom. The van der Waals surface area contributed by atoms with Gasteiger partial charge in [0, 0.05) is 24.5 Å². The first kappa shape index (κ1) is 18.8. The molecule has 1 fully saturated rings.